The van der Waals surface area contributed by atoms with E-state index in [-0.39, 0.29) is 0 Å². The summed E-state index contributed by atoms with van der Waals surface area (Å²) in [6.45, 7) is 2.26. The third-order valence-electron chi connectivity index (χ3n) is 2.84. The predicted octanol–water partition coefficient (Wildman–Crippen LogP) is 2.68. The Morgan fingerprint density at radius 3 is 2.83 bits per heavy atom. The summed E-state index contributed by atoms with van der Waals surface area (Å²) in [5, 5.41) is 9.63. The number of para-hydroxylation sites is 2. The van der Waals surface area contributed by atoms with Gasteiger partial charge < -0.3 is 14.1 Å². The molecule has 92 valence electrons. The van der Waals surface area contributed by atoms with Gasteiger partial charge in [-0.15, -0.1) is 0 Å². The van der Waals surface area contributed by atoms with Gasteiger partial charge in [-0.25, -0.2) is 4.98 Å². The molecule has 18 heavy (non-hydrogen) atoms. The Kier molecular flexibility index (Phi) is 2.64. The minimum atomic E-state index is -0.434. The van der Waals surface area contributed by atoms with Crippen molar-refractivity contribution in [1.29, 1.82) is 0 Å². The first-order chi connectivity index (χ1) is 8.75. The van der Waals surface area contributed by atoms with E-state index in [9.17, 15) is 5.11 Å². The van der Waals surface area contributed by atoms with Crippen molar-refractivity contribution in [2.24, 2.45) is 0 Å². The van der Waals surface area contributed by atoms with E-state index in [2.05, 4.69) is 4.98 Å². The maximum Gasteiger partial charge on any atom is 0.177 e. The molecule has 3 aromatic rings. The largest absolute Gasteiger partial charge is 0.461 e. The lowest BCUT2D eigenvalue weighted by Crippen LogP contribution is -2.12. The van der Waals surface area contributed by atoms with Crippen LogP contribution in [0.25, 0.3) is 22.6 Å². The van der Waals surface area contributed by atoms with E-state index in [1.54, 1.807) is 13.2 Å². The number of benzene rings is 1. The average molecular weight is 242 g/mol. The SMILES string of the molecule is CC(O)Cn1c(-c2ccco2)nc2ccccc21. The number of imidazole rings is 1. The van der Waals surface area contributed by atoms with Crippen molar-refractivity contribution in [2.45, 2.75) is 19.6 Å². The van der Waals surface area contributed by atoms with Gasteiger partial charge >= 0.3 is 0 Å². The van der Waals surface area contributed by atoms with E-state index < -0.39 is 6.10 Å². The molecule has 4 nitrogen and oxygen atoms in total. The summed E-state index contributed by atoms with van der Waals surface area (Å²) in [4.78, 5) is 4.57. The normalized spacial score (nSPS) is 13.0. The first kappa shape index (κ1) is 11.0. The highest BCUT2D eigenvalue weighted by molar-refractivity contribution is 5.79. The first-order valence-corrected chi connectivity index (χ1v) is 5.93. The van der Waals surface area contributed by atoms with Gasteiger partial charge in [-0.2, -0.15) is 0 Å². The van der Waals surface area contributed by atoms with Crippen LogP contribution >= 0.6 is 0 Å². The lowest BCUT2D eigenvalue weighted by Gasteiger charge is -2.09. The first-order valence-electron chi connectivity index (χ1n) is 5.93. The second kappa shape index (κ2) is 4.31. The molecule has 1 atom stereocenters. The predicted molar refractivity (Wildman–Crippen MR) is 69.1 cm³/mol. The van der Waals surface area contributed by atoms with Crippen molar-refractivity contribution in [3.63, 3.8) is 0 Å². The van der Waals surface area contributed by atoms with Crippen molar-refractivity contribution >= 4 is 11.0 Å². The van der Waals surface area contributed by atoms with E-state index in [1.807, 2.05) is 41.0 Å². The van der Waals surface area contributed by atoms with Crippen molar-refractivity contribution < 1.29 is 9.52 Å². The van der Waals surface area contributed by atoms with Crippen molar-refractivity contribution in [3.05, 3.63) is 42.7 Å². The van der Waals surface area contributed by atoms with Crippen LogP contribution in [0.3, 0.4) is 0 Å². The zero-order chi connectivity index (χ0) is 12.5. The van der Waals surface area contributed by atoms with Crippen LogP contribution in [0.2, 0.25) is 0 Å². The van der Waals surface area contributed by atoms with E-state index in [1.165, 1.54) is 0 Å². The van der Waals surface area contributed by atoms with E-state index in [4.69, 9.17) is 4.42 Å². The molecule has 4 heteroatoms. The van der Waals surface area contributed by atoms with Gasteiger partial charge in [0.05, 0.1) is 29.9 Å². The molecule has 0 aliphatic heterocycles. The zero-order valence-electron chi connectivity index (χ0n) is 10.1. The van der Waals surface area contributed by atoms with Gasteiger partial charge in [0, 0.05) is 0 Å². The van der Waals surface area contributed by atoms with Crippen molar-refractivity contribution in [1.82, 2.24) is 9.55 Å². The fourth-order valence-electron chi connectivity index (χ4n) is 2.12. The number of furan rings is 1. The molecular formula is C14H14N2O2. The number of fused-ring (bicyclic) bond motifs is 1. The second-order valence-electron chi connectivity index (χ2n) is 4.36. The maximum absolute atomic E-state index is 9.63. The van der Waals surface area contributed by atoms with Gasteiger partial charge in [-0.3, -0.25) is 0 Å². The molecule has 0 amide bonds. The fourth-order valence-corrected chi connectivity index (χ4v) is 2.12. The number of nitrogens with zero attached hydrogens (tertiary/aromatic N) is 2. The fraction of sp³-hybridized carbons (Fsp3) is 0.214. The van der Waals surface area contributed by atoms with Crippen LogP contribution in [0.15, 0.2) is 47.1 Å². The summed E-state index contributed by atoms with van der Waals surface area (Å²) in [5.41, 5.74) is 1.91. The third-order valence-corrected chi connectivity index (χ3v) is 2.84. The van der Waals surface area contributed by atoms with Crippen LogP contribution in [0, 0.1) is 0 Å². The highest BCUT2D eigenvalue weighted by atomic mass is 16.3. The Morgan fingerprint density at radius 2 is 2.11 bits per heavy atom. The minimum absolute atomic E-state index is 0.434. The lowest BCUT2D eigenvalue weighted by molar-refractivity contribution is 0.175. The van der Waals surface area contributed by atoms with Gasteiger partial charge in [0.25, 0.3) is 0 Å². The maximum atomic E-state index is 9.63. The van der Waals surface area contributed by atoms with Crippen LogP contribution in [0.1, 0.15) is 6.92 Å². The molecule has 0 bridgehead atoms. The Labute approximate surface area is 104 Å². The van der Waals surface area contributed by atoms with Gasteiger partial charge in [0.2, 0.25) is 0 Å². The quantitative estimate of drug-likeness (QED) is 0.768. The Morgan fingerprint density at radius 1 is 1.28 bits per heavy atom. The molecule has 0 saturated carbocycles. The standard InChI is InChI=1S/C14H14N2O2/c1-10(17)9-16-12-6-3-2-5-11(12)15-14(16)13-7-4-8-18-13/h2-8,10,17H,9H2,1H3. The average Bonchev–Trinajstić information content (AvgIpc) is 2.96. The Balaban J connectivity index is 2.23. The molecule has 1 N–H and O–H groups in total. The molecule has 0 saturated heterocycles. The van der Waals surface area contributed by atoms with E-state index >= 15 is 0 Å². The zero-order valence-corrected chi connectivity index (χ0v) is 10.1. The van der Waals surface area contributed by atoms with Gasteiger partial charge in [0.1, 0.15) is 0 Å². The number of aromatic nitrogens is 2. The lowest BCUT2D eigenvalue weighted by atomic mass is 10.3. The topological polar surface area (TPSA) is 51.2 Å². The van der Waals surface area contributed by atoms with Crippen molar-refractivity contribution in [3.8, 4) is 11.6 Å². The summed E-state index contributed by atoms with van der Waals surface area (Å²) in [7, 11) is 0. The summed E-state index contributed by atoms with van der Waals surface area (Å²) >= 11 is 0. The number of hydrogen-bond donors (Lipinski definition) is 1. The summed E-state index contributed by atoms with van der Waals surface area (Å²) in [6, 6.07) is 11.6. The molecule has 0 fully saturated rings. The smallest absolute Gasteiger partial charge is 0.177 e. The molecule has 0 spiro atoms. The number of hydrogen-bond acceptors (Lipinski definition) is 3. The Hall–Kier alpha value is -2.07. The van der Waals surface area contributed by atoms with Crippen LogP contribution in [-0.2, 0) is 6.54 Å². The van der Waals surface area contributed by atoms with Crippen molar-refractivity contribution in [2.75, 3.05) is 0 Å². The highest BCUT2D eigenvalue weighted by Crippen LogP contribution is 2.25. The molecule has 1 aromatic carbocycles. The minimum Gasteiger partial charge on any atom is -0.461 e. The molecule has 0 aliphatic carbocycles. The number of aliphatic hydroxyl groups excluding tert-OH is 1. The molecule has 0 radical (unpaired) electrons. The van der Waals surface area contributed by atoms with Gasteiger partial charge in [-0.1, -0.05) is 12.1 Å². The van der Waals surface area contributed by atoms with E-state index in [0.717, 1.165) is 16.9 Å². The number of rotatable bonds is 3. The summed E-state index contributed by atoms with van der Waals surface area (Å²) in [5.74, 6) is 1.47. The van der Waals surface area contributed by atoms with E-state index in [0.29, 0.717) is 12.3 Å². The van der Waals surface area contributed by atoms with Crippen LogP contribution in [-0.4, -0.2) is 20.8 Å². The highest BCUT2D eigenvalue weighted by Gasteiger charge is 2.15. The number of aliphatic hydroxyl groups is 1. The monoisotopic (exact) mass is 242 g/mol. The summed E-state index contributed by atoms with van der Waals surface area (Å²) < 4.78 is 7.39. The van der Waals surface area contributed by atoms with Crippen LogP contribution < -0.4 is 0 Å². The molecule has 1 unspecified atom stereocenters. The molecule has 0 aliphatic rings. The third kappa shape index (κ3) is 1.80. The van der Waals surface area contributed by atoms with Gasteiger partial charge in [-0.05, 0) is 31.2 Å². The van der Waals surface area contributed by atoms with Crippen LogP contribution in [0.5, 0.6) is 0 Å². The molecule has 3 rings (SSSR count). The second-order valence-corrected chi connectivity index (χ2v) is 4.36. The Bertz CT molecular complexity index is 654. The molecule has 2 aromatic heterocycles. The molecular weight excluding hydrogens is 228 g/mol. The van der Waals surface area contributed by atoms with Gasteiger partial charge in [0.15, 0.2) is 11.6 Å². The summed E-state index contributed by atoms with van der Waals surface area (Å²) in [6.07, 6.45) is 1.19. The van der Waals surface area contributed by atoms with Crippen LogP contribution in [0.4, 0.5) is 0 Å². The molecule has 2 heterocycles.